The molecule has 1 aromatic carbocycles. The third-order valence-electron chi connectivity index (χ3n) is 2.50. The summed E-state index contributed by atoms with van der Waals surface area (Å²) in [5, 5.41) is 6.24. The van der Waals surface area contributed by atoms with E-state index in [1.165, 1.54) is 12.1 Å². The van der Waals surface area contributed by atoms with Gasteiger partial charge < -0.3 is 10.6 Å². The molecule has 106 valence electrons. The Morgan fingerprint density at radius 3 is 2.16 bits per heavy atom. The fraction of sp³-hybridized carbons (Fsp3) is 0.500. The summed E-state index contributed by atoms with van der Waals surface area (Å²) in [6.07, 6.45) is 1.37. The van der Waals surface area contributed by atoms with E-state index in [-0.39, 0.29) is 0 Å². The van der Waals surface area contributed by atoms with E-state index in [0.717, 1.165) is 31.5 Å². The quantitative estimate of drug-likeness (QED) is 0.473. The number of aliphatic imine (C=N–C) groups is 1. The normalized spacial score (nSPS) is 10.1. The van der Waals surface area contributed by atoms with Crippen molar-refractivity contribution in [3.05, 3.63) is 35.4 Å². The van der Waals surface area contributed by atoms with Gasteiger partial charge in [-0.2, -0.15) is 0 Å². The molecule has 0 radical (unpaired) electrons. The molecule has 1 rings (SSSR count). The van der Waals surface area contributed by atoms with Crippen LogP contribution in [-0.4, -0.2) is 25.6 Å². The number of hydrogen-bond donors (Lipinski definition) is 2. The predicted molar refractivity (Wildman–Crippen MR) is 74.3 cm³/mol. The van der Waals surface area contributed by atoms with E-state index in [1.54, 1.807) is 0 Å². The molecule has 0 aliphatic heterocycles. The van der Waals surface area contributed by atoms with Crippen molar-refractivity contribution in [3.8, 4) is 0 Å². The van der Waals surface area contributed by atoms with Crippen molar-refractivity contribution >= 4 is 5.96 Å². The van der Waals surface area contributed by atoms with Crippen LogP contribution in [0.25, 0.3) is 0 Å². The maximum Gasteiger partial charge on any atom is 0.191 e. The highest BCUT2D eigenvalue weighted by Gasteiger charge is 2.00. The molecular formula is C14H21F2N3. The molecule has 0 unspecified atom stereocenters. The van der Waals surface area contributed by atoms with Crippen LogP contribution in [0.4, 0.5) is 8.78 Å². The number of aryl methyl sites for hydroxylation is 1. The smallest absolute Gasteiger partial charge is 0.191 e. The summed E-state index contributed by atoms with van der Waals surface area (Å²) in [6.45, 7) is 6.24. The fourth-order valence-electron chi connectivity index (χ4n) is 1.74. The Morgan fingerprint density at radius 2 is 1.63 bits per heavy atom. The van der Waals surface area contributed by atoms with Gasteiger partial charge in [-0.15, -0.1) is 0 Å². The maximum atomic E-state index is 13.0. The first-order valence-corrected chi connectivity index (χ1v) is 6.62. The molecule has 0 aliphatic carbocycles. The number of nitrogens with one attached hydrogen (secondary N) is 2. The lowest BCUT2D eigenvalue weighted by Crippen LogP contribution is -2.37. The molecule has 19 heavy (non-hydrogen) atoms. The Labute approximate surface area is 113 Å². The molecule has 0 atom stereocenters. The minimum absolute atomic E-state index is 0.528. The highest BCUT2D eigenvalue weighted by atomic mass is 19.1. The average Bonchev–Trinajstić information content (AvgIpc) is 2.34. The van der Waals surface area contributed by atoms with Crippen LogP contribution in [-0.2, 0) is 6.42 Å². The highest BCUT2D eigenvalue weighted by Crippen LogP contribution is 2.09. The van der Waals surface area contributed by atoms with Gasteiger partial charge in [0, 0.05) is 25.7 Å². The topological polar surface area (TPSA) is 36.4 Å². The van der Waals surface area contributed by atoms with Gasteiger partial charge in [-0.3, -0.25) is 4.99 Å². The van der Waals surface area contributed by atoms with Gasteiger partial charge in [0.1, 0.15) is 11.6 Å². The van der Waals surface area contributed by atoms with Crippen LogP contribution in [0.2, 0.25) is 0 Å². The van der Waals surface area contributed by atoms with Crippen molar-refractivity contribution in [2.75, 3.05) is 19.6 Å². The van der Waals surface area contributed by atoms with Crippen LogP contribution in [0, 0.1) is 11.6 Å². The number of hydrogen-bond acceptors (Lipinski definition) is 1. The molecule has 0 amide bonds. The second-order valence-electron chi connectivity index (χ2n) is 4.17. The zero-order valence-electron chi connectivity index (χ0n) is 11.5. The number of rotatable bonds is 6. The molecular weight excluding hydrogens is 248 g/mol. The van der Waals surface area contributed by atoms with Gasteiger partial charge in [0.05, 0.1) is 0 Å². The molecule has 0 spiro atoms. The lowest BCUT2D eigenvalue weighted by atomic mass is 10.1. The van der Waals surface area contributed by atoms with Crippen LogP contribution in [0.5, 0.6) is 0 Å². The lowest BCUT2D eigenvalue weighted by Gasteiger charge is -2.09. The van der Waals surface area contributed by atoms with E-state index in [2.05, 4.69) is 15.6 Å². The van der Waals surface area contributed by atoms with Crippen LogP contribution in [0.15, 0.2) is 23.2 Å². The largest absolute Gasteiger partial charge is 0.357 e. The van der Waals surface area contributed by atoms with Gasteiger partial charge in [0.2, 0.25) is 0 Å². The van der Waals surface area contributed by atoms with E-state index in [9.17, 15) is 8.78 Å². The summed E-state index contributed by atoms with van der Waals surface area (Å²) in [5.41, 5.74) is 0.668. The number of halogens is 2. The van der Waals surface area contributed by atoms with Gasteiger partial charge in [0.25, 0.3) is 0 Å². The standard InChI is InChI=1S/C14H21F2N3/c1-3-17-14(18-4-2)19-7-5-6-11-8-12(15)10-13(16)9-11/h8-10H,3-7H2,1-2H3,(H2,17,18,19). The van der Waals surface area contributed by atoms with Crippen molar-refractivity contribution in [2.45, 2.75) is 26.7 Å². The number of nitrogens with zero attached hydrogens (tertiary/aromatic N) is 1. The number of benzene rings is 1. The van der Waals surface area contributed by atoms with Crippen molar-refractivity contribution < 1.29 is 8.78 Å². The zero-order valence-corrected chi connectivity index (χ0v) is 11.5. The Bertz CT molecular complexity index is 391. The Hall–Kier alpha value is -1.65. The summed E-state index contributed by atoms with van der Waals surface area (Å²) in [4.78, 5) is 4.37. The summed E-state index contributed by atoms with van der Waals surface area (Å²) in [7, 11) is 0. The monoisotopic (exact) mass is 269 g/mol. The third kappa shape index (κ3) is 6.18. The molecule has 0 aliphatic rings. The first-order chi connectivity index (χ1) is 9.15. The van der Waals surface area contributed by atoms with Crippen molar-refractivity contribution in [1.82, 2.24) is 10.6 Å². The van der Waals surface area contributed by atoms with Gasteiger partial charge in [-0.1, -0.05) is 0 Å². The van der Waals surface area contributed by atoms with Crippen LogP contribution >= 0.6 is 0 Å². The SMILES string of the molecule is CCNC(=NCCCc1cc(F)cc(F)c1)NCC. The summed E-state index contributed by atoms with van der Waals surface area (Å²) in [5.74, 6) is -0.283. The third-order valence-corrected chi connectivity index (χ3v) is 2.50. The first-order valence-electron chi connectivity index (χ1n) is 6.62. The fourth-order valence-corrected chi connectivity index (χ4v) is 1.74. The van der Waals surface area contributed by atoms with E-state index < -0.39 is 11.6 Å². The second kappa shape index (κ2) is 8.45. The molecule has 0 bridgehead atoms. The summed E-state index contributed by atoms with van der Waals surface area (Å²) < 4.78 is 26.0. The molecule has 0 fully saturated rings. The van der Waals surface area contributed by atoms with Crippen molar-refractivity contribution in [2.24, 2.45) is 4.99 Å². The summed E-state index contributed by atoms with van der Waals surface area (Å²) >= 11 is 0. The minimum Gasteiger partial charge on any atom is -0.357 e. The molecule has 0 saturated heterocycles. The molecule has 1 aromatic rings. The van der Waals surface area contributed by atoms with Crippen LogP contribution in [0.3, 0.4) is 0 Å². The van der Waals surface area contributed by atoms with E-state index >= 15 is 0 Å². The summed E-state index contributed by atoms with van der Waals surface area (Å²) in [6, 6.07) is 3.61. The second-order valence-corrected chi connectivity index (χ2v) is 4.17. The molecule has 0 saturated carbocycles. The van der Waals surface area contributed by atoms with Crippen molar-refractivity contribution in [3.63, 3.8) is 0 Å². The van der Waals surface area contributed by atoms with Crippen molar-refractivity contribution in [1.29, 1.82) is 0 Å². The Kier molecular flexibility index (Phi) is 6.85. The molecule has 0 heterocycles. The van der Waals surface area contributed by atoms with Gasteiger partial charge >= 0.3 is 0 Å². The Morgan fingerprint density at radius 1 is 1.05 bits per heavy atom. The number of guanidine groups is 1. The van der Waals surface area contributed by atoms with Gasteiger partial charge in [-0.25, -0.2) is 8.78 Å². The highest BCUT2D eigenvalue weighted by molar-refractivity contribution is 5.79. The van der Waals surface area contributed by atoms with Crippen LogP contribution in [0.1, 0.15) is 25.8 Å². The van der Waals surface area contributed by atoms with E-state index in [1.807, 2.05) is 13.8 Å². The predicted octanol–water partition coefficient (Wildman–Crippen LogP) is 2.47. The lowest BCUT2D eigenvalue weighted by molar-refractivity contribution is 0.578. The van der Waals surface area contributed by atoms with Gasteiger partial charge in [0.15, 0.2) is 5.96 Å². The minimum atomic E-state index is -0.528. The Balaban J connectivity index is 2.42. The first kappa shape index (κ1) is 15.4. The molecule has 0 aromatic heterocycles. The van der Waals surface area contributed by atoms with E-state index in [4.69, 9.17) is 0 Å². The maximum absolute atomic E-state index is 13.0. The van der Waals surface area contributed by atoms with Crippen LogP contribution < -0.4 is 10.6 Å². The average molecular weight is 269 g/mol. The molecule has 2 N–H and O–H groups in total. The molecule has 3 nitrogen and oxygen atoms in total. The van der Waals surface area contributed by atoms with Gasteiger partial charge in [-0.05, 0) is 44.4 Å². The zero-order chi connectivity index (χ0) is 14.1. The van der Waals surface area contributed by atoms with E-state index in [0.29, 0.717) is 18.5 Å². The molecule has 5 heteroatoms.